The summed E-state index contributed by atoms with van der Waals surface area (Å²) in [6.45, 7) is 6.87. The van der Waals surface area contributed by atoms with E-state index in [9.17, 15) is 13.2 Å². The number of sulfone groups is 1. The molecule has 0 bridgehead atoms. The number of aliphatic imine (C=N–C) groups is 1. The predicted octanol–water partition coefficient (Wildman–Crippen LogP) is 3.27. The van der Waals surface area contributed by atoms with Crippen molar-refractivity contribution in [1.29, 1.82) is 0 Å². The average molecular weight is 558 g/mol. The molecule has 0 heterocycles. The number of nitrogens with one attached hydrogen (secondary N) is 3. The molecule has 2 aromatic rings. The zero-order chi connectivity index (χ0) is 22.1. The summed E-state index contributed by atoms with van der Waals surface area (Å²) >= 11 is 0. The number of carbonyl (C=O) groups excluding carboxylic acids is 1. The Balaban J connectivity index is 0.00000480. The van der Waals surface area contributed by atoms with Crippen LogP contribution in [0.25, 0.3) is 0 Å². The number of aryl methyl sites for hydroxylation is 2. The van der Waals surface area contributed by atoms with Crippen LogP contribution < -0.4 is 16.0 Å². The number of nitrogens with zero attached hydrogens (tertiary/aromatic N) is 1. The smallest absolute Gasteiger partial charge is 0.243 e. The lowest BCUT2D eigenvalue weighted by Crippen LogP contribution is -2.41. The van der Waals surface area contributed by atoms with Gasteiger partial charge in [-0.25, -0.2) is 13.4 Å². The molecular weight excluding hydrogens is 527 g/mol. The quantitative estimate of drug-likeness (QED) is 0.263. The van der Waals surface area contributed by atoms with E-state index in [1.807, 2.05) is 37.3 Å². The molecule has 0 saturated heterocycles. The van der Waals surface area contributed by atoms with Gasteiger partial charge in [0, 0.05) is 18.5 Å². The van der Waals surface area contributed by atoms with Crippen LogP contribution in [0.1, 0.15) is 30.5 Å². The van der Waals surface area contributed by atoms with E-state index < -0.39 is 9.84 Å². The largest absolute Gasteiger partial charge is 0.357 e. The van der Waals surface area contributed by atoms with Crippen LogP contribution in [0.5, 0.6) is 0 Å². The summed E-state index contributed by atoms with van der Waals surface area (Å²) < 4.78 is 23.5. The molecule has 3 N–H and O–H groups in total. The Morgan fingerprint density at radius 2 is 1.77 bits per heavy atom. The zero-order valence-electron chi connectivity index (χ0n) is 18.4. The molecule has 0 atom stereocenters. The van der Waals surface area contributed by atoms with Crippen molar-refractivity contribution in [3.63, 3.8) is 0 Å². The minimum atomic E-state index is -3.24. The number of benzene rings is 2. The maximum absolute atomic E-state index is 12.3. The molecule has 0 fully saturated rings. The first kappa shape index (κ1) is 26.9. The van der Waals surface area contributed by atoms with Crippen molar-refractivity contribution in [3.8, 4) is 0 Å². The maximum Gasteiger partial charge on any atom is 0.243 e. The zero-order valence-corrected chi connectivity index (χ0v) is 21.5. The molecule has 7 nitrogen and oxygen atoms in total. The van der Waals surface area contributed by atoms with Gasteiger partial charge in [0.25, 0.3) is 0 Å². The fourth-order valence-electron chi connectivity index (χ4n) is 2.98. The number of rotatable bonds is 8. The Bertz CT molecular complexity index is 1020. The summed E-state index contributed by atoms with van der Waals surface area (Å²) in [7, 11) is -3.24. The average Bonchev–Trinajstić information content (AvgIpc) is 2.69. The number of halogens is 1. The van der Waals surface area contributed by atoms with Gasteiger partial charge in [0.1, 0.15) is 0 Å². The van der Waals surface area contributed by atoms with Crippen molar-refractivity contribution >= 4 is 51.4 Å². The van der Waals surface area contributed by atoms with Crippen LogP contribution in [-0.4, -0.2) is 39.6 Å². The fourth-order valence-corrected chi connectivity index (χ4v) is 3.94. The van der Waals surface area contributed by atoms with Gasteiger partial charge in [-0.3, -0.25) is 4.79 Å². The van der Waals surface area contributed by atoms with Crippen LogP contribution in [0.3, 0.4) is 0 Å². The summed E-state index contributed by atoms with van der Waals surface area (Å²) in [6, 6.07) is 12.9. The second kappa shape index (κ2) is 12.7. The van der Waals surface area contributed by atoms with Gasteiger partial charge in [-0.2, -0.15) is 0 Å². The van der Waals surface area contributed by atoms with Gasteiger partial charge in [0.2, 0.25) is 5.91 Å². The molecule has 170 valence electrons. The molecule has 0 radical (unpaired) electrons. The Labute approximate surface area is 202 Å². The molecule has 2 rings (SSSR count). The van der Waals surface area contributed by atoms with Crippen molar-refractivity contribution in [3.05, 3.63) is 59.2 Å². The number of anilines is 1. The molecule has 0 saturated carbocycles. The lowest BCUT2D eigenvalue weighted by atomic mass is 10.1. The molecule has 0 spiro atoms. The minimum Gasteiger partial charge on any atom is -0.357 e. The van der Waals surface area contributed by atoms with Crippen LogP contribution >= 0.6 is 24.0 Å². The van der Waals surface area contributed by atoms with Gasteiger partial charge in [-0.1, -0.05) is 31.2 Å². The van der Waals surface area contributed by atoms with Crippen molar-refractivity contribution in [1.82, 2.24) is 10.6 Å². The third kappa shape index (κ3) is 8.86. The molecule has 0 aromatic heterocycles. The molecular formula is C22H31IN4O3S. The Morgan fingerprint density at radius 3 is 2.39 bits per heavy atom. The predicted molar refractivity (Wildman–Crippen MR) is 137 cm³/mol. The van der Waals surface area contributed by atoms with Gasteiger partial charge in [0.05, 0.1) is 18.0 Å². The highest BCUT2D eigenvalue weighted by Gasteiger charge is 2.11. The highest BCUT2D eigenvalue weighted by Crippen LogP contribution is 2.17. The van der Waals surface area contributed by atoms with E-state index in [2.05, 4.69) is 27.9 Å². The van der Waals surface area contributed by atoms with Crippen LogP contribution in [0.2, 0.25) is 0 Å². The fraction of sp³-hybridized carbons (Fsp3) is 0.364. The molecule has 1 amide bonds. The molecule has 0 unspecified atom stereocenters. The number of hydrogen-bond donors (Lipinski definition) is 3. The highest BCUT2D eigenvalue weighted by atomic mass is 127. The lowest BCUT2D eigenvalue weighted by molar-refractivity contribution is -0.115. The highest BCUT2D eigenvalue weighted by molar-refractivity contribution is 14.0. The Kier molecular flexibility index (Phi) is 11.0. The maximum atomic E-state index is 12.3. The number of hydrogen-bond acceptors (Lipinski definition) is 4. The lowest BCUT2D eigenvalue weighted by Gasteiger charge is -2.12. The Hall–Kier alpha value is -2.14. The van der Waals surface area contributed by atoms with Crippen LogP contribution in [0.15, 0.2) is 52.4 Å². The van der Waals surface area contributed by atoms with Crippen molar-refractivity contribution in [2.24, 2.45) is 4.99 Å². The van der Waals surface area contributed by atoms with E-state index in [1.165, 1.54) is 6.26 Å². The summed E-state index contributed by atoms with van der Waals surface area (Å²) in [5.41, 5.74) is 3.51. The first-order valence-electron chi connectivity index (χ1n) is 9.93. The normalized spacial score (nSPS) is 11.4. The third-order valence-electron chi connectivity index (χ3n) is 4.44. The first-order valence-corrected chi connectivity index (χ1v) is 11.8. The van der Waals surface area contributed by atoms with E-state index in [0.717, 1.165) is 23.2 Å². The van der Waals surface area contributed by atoms with E-state index >= 15 is 0 Å². The molecule has 0 aliphatic carbocycles. The van der Waals surface area contributed by atoms with Gasteiger partial charge in [-0.15, -0.1) is 24.0 Å². The van der Waals surface area contributed by atoms with Gasteiger partial charge < -0.3 is 16.0 Å². The van der Waals surface area contributed by atoms with E-state index in [0.29, 0.717) is 29.5 Å². The summed E-state index contributed by atoms with van der Waals surface area (Å²) in [5, 5.41) is 9.00. The number of amides is 1. The minimum absolute atomic E-state index is 0. The molecule has 9 heteroatoms. The van der Waals surface area contributed by atoms with E-state index in [1.54, 1.807) is 19.1 Å². The summed E-state index contributed by atoms with van der Waals surface area (Å²) in [6.07, 6.45) is 2.10. The third-order valence-corrected chi connectivity index (χ3v) is 5.70. The van der Waals surface area contributed by atoms with Crippen LogP contribution in [0, 0.1) is 6.92 Å². The first-order chi connectivity index (χ1) is 14.2. The van der Waals surface area contributed by atoms with Crippen LogP contribution in [0.4, 0.5) is 5.69 Å². The van der Waals surface area contributed by atoms with Crippen LogP contribution in [-0.2, 0) is 27.6 Å². The molecule has 0 aliphatic heterocycles. The van der Waals surface area contributed by atoms with Crippen molar-refractivity contribution < 1.29 is 13.2 Å². The van der Waals surface area contributed by atoms with Gasteiger partial charge in [0.15, 0.2) is 15.8 Å². The second-order valence-electron chi connectivity index (χ2n) is 7.02. The van der Waals surface area contributed by atoms with Gasteiger partial charge in [-0.05, 0) is 55.2 Å². The van der Waals surface area contributed by atoms with E-state index in [-0.39, 0.29) is 36.4 Å². The molecule has 31 heavy (non-hydrogen) atoms. The standard InChI is InChI=1S/C22H30N4O3S.HI/c1-5-17-8-7-9-19(13-17)26-21(27)15-25-22(23-6-2)24-14-18-10-11-20(16(3)12-18)30(4,28)29;/h7-13H,5-6,14-15H2,1-4H3,(H,26,27)(H2,23,24,25);1H. The summed E-state index contributed by atoms with van der Waals surface area (Å²) in [5.74, 6) is 0.349. The van der Waals surface area contributed by atoms with Crippen molar-refractivity contribution in [2.75, 3.05) is 24.7 Å². The van der Waals surface area contributed by atoms with Gasteiger partial charge >= 0.3 is 0 Å². The van der Waals surface area contributed by atoms with Crippen molar-refractivity contribution in [2.45, 2.75) is 38.6 Å². The monoisotopic (exact) mass is 558 g/mol. The second-order valence-corrected chi connectivity index (χ2v) is 9.01. The number of carbonyl (C=O) groups is 1. The summed E-state index contributed by atoms with van der Waals surface area (Å²) in [4.78, 5) is 17.1. The molecule has 0 aliphatic rings. The molecule has 2 aromatic carbocycles. The number of guanidine groups is 1. The Morgan fingerprint density at radius 1 is 1.03 bits per heavy atom. The van der Waals surface area contributed by atoms with E-state index in [4.69, 9.17) is 0 Å². The topological polar surface area (TPSA) is 99.7 Å². The SMILES string of the molecule is CCNC(=NCc1ccc(S(C)(=O)=O)c(C)c1)NCC(=O)Nc1cccc(CC)c1.I.